The Labute approximate surface area is 101 Å². The third-order valence-corrected chi connectivity index (χ3v) is 2.70. The molecule has 0 unspecified atom stereocenters. The summed E-state index contributed by atoms with van der Waals surface area (Å²) in [5.41, 5.74) is -1.01. The quantitative estimate of drug-likeness (QED) is 0.748. The minimum Gasteiger partial charge on any atom is -0.478 e. The number of carbonyl (C=O) groups is 2. The molecule has 96 valence electrons. The van der Waals surface area contributed by atoms with Crippen LogP contribution < -0.4 is 10.6 Å². The lowest BCUT2D eigenvalue weighted by molar-refractivity contribution is -0.121. The monoisotopic (exact) mass is 256 g/mol. The van der Waals surface area contributed by atoms with Gasteiger partial charge in [0.2, 0.25) is 5.91 Å². The van der Waals surface area contributed by atoms with Gasteiger partial charge in [0.25, 0.3) is 0 Å². The van der Waals surface area contributed by atoms with Gasteiger partial charge in [-0.1, -0.05) is 0 Å². The van der Waals surface area contributed by atoms with Crippen molar-refractivity contribution in [3.8, 4) is 0 Å². The third-order valence-electron chi connectivity index (χ3n) is 2.70. The molecule has 1 heterocycles. The average Bonchev–Trinajstić information content (AvgIpc) is 2.18. The molecule has 2 rings (SSSR count). The maximum Gasteiger partial charge on any atom is 0.338 e. The number of carboxylic acids is 1. The van der Waals surface area contributed by atoms with Crippen molar-refractivity contribution in [2.45, 2.75) is 0 Å². The molecule has 1 fully saturated rings. The number of carbonyl (C=O) groups excluding carboxylic acids is 1. The van der Waals surface area contributed by atoms with E-state index in [0.717, 1.165) is 6.07 Å². The van der Waals surface area contributed by atoms with E-state index in [-0.39, 0.29) is 11.6 Å². The Bertz CT molecular complexity index is 515. The molecule has 0 atom stereocenters. The van der Waals surface area contributed by atoms with E-state index in [2.05, 4.69) is 10.6 Å². The maximum absolute atomic E-state index is 13.4. The highest BCUT2D eigenvalue weighted by molar-refractivity contribution is 5.95. The summed E-state index contributed by atoms with van der Waals surface area (Å²) in [4.78, 5) is 22.2. The van der Waals surface area contributed by atoms with E-state index in [0.29, 0.717) is 19.2 Å². The molecular formula is C11H10F2N2O3. The molecule has 1 amide bonds. The van der Waals surface area contributed by atoms with Crippen LogP contribution in [0.2, 0.25) is 0 Å². The van der Waals surface area contributed by atoms with Gasteiger partial charge < -0.3 is 15.7 Å². The predicted octanol–water partition coefficient (Wildman–Crippen LogP) is 0.821. The summed E-state index contributed by atoms with van der Waals surface area (Å²) in [7, 11) is 0. The van der Waals surface area contributed by atoms with Crippen molar-refractivity contribution in [2.75, 3.05) is 18.4 Å². The lowest BCUT2D eigenvalue weighted by Crippen LogP contribution is -2.48. The lowest BCUT2D eigenvalue weighted by Gasteiger charge is -2.25. The van der Waals surface area contributed by atoms with E-state index in [1.165, 1.54) is 0 Å². The Hall–Kier alpha value is -2.02. The van der Waals surface area contributed by atoms with Gasteiger partial charge in [0.05, 0.1) is 17.2 Å². The summed E-state index contributed by atoms with van der Waals surface area (Å²) in [6, 6.07) is 1.22. The normalized spacial score (nSPS) is 15.0. The minimum absolute atomic E-state index is 0.275. The van der Waals surface area contributed by atoms with Gasteiger partial charge >= 0.3 is 5.97 Å². The number of amides is 1. The maximum atomic E-state index is 13.4. The van der Waals surface area contributed by atoms with E-state index < -0.39 is 29.1 Å². The lowest BCUT2D eigenvalue weighted by atomic mass is 10.0. The zero-order valence-electron chi connectivity index (χ0n) is 9.17. The predicted molar refractivity (Wildman–Crippen MR) is 58.3 cm³/mol. The van der Waals surface area contributed by atoms with Crippen LogP contribution in [0, 0.1) is 17.6 Å². The van der Waals surface area contributed by atoms with Crippen LogP contribution in [0.5, 0.6) is 0 Å². The molecule has 0 spiro atoms. The van der Waals surface area contributed by atoms with E-state index in [4.69, 9.17) is 5.11 Å². The van der Waals surface area contributed by atoms with Crippen molar-refractivity contribution >= 4 is 17.6 Å². The van der Waals surface area contributed by atoms with Gasteiger partial charge in [0.1, 0.15) is 11.6 Å². The number of nitrogens with one attached hydrogen (secondary N) is 2. The van der Waals surface area contributed by atoms with Crippen molar-refractivity contribution in [3.05, 3.63) is 29.3 Å². The zero-order valence-corrected chi connectivity index (χ0v) is 9.17. The fraction of sp³-hybridized carbons (Fsp3) is 0.273. The zero-order chi connectivity index (χ0) is 13.3. The first-order chi connectivity index (χ1) is 8.49. The first-order valence-corrected chi connectivity index (χ1v) is 5.23. The van der Waals surface area contributed by atoms with Crippen molar-refractivity contribution in [2.24, 2.45) is 5.92 Å². The topological polar surface area (TPSA) is 78.4 Å². The van der Waals surface area contributed by atoms with Crippen molar-refractivity contribution in [1.82, 2.24) is 5.32 Å². The summed E-state index contributed by atoms with van der Waals surface area (Å²) < 4.78 is 26.5. The molecular weight excluding hydrogens is 246 g/mol. The SMILES string of the molecule is O=C(O)c1cc(NC(=O)C2CNC2)c(F)cc1F. The summed E-state index contributed by atoms with van der Waals surface area (Å²) in [5.74, 6) is -4.40. The highest BCUT2D eigenvalue weighted by Gasteiger charge is 2.26. The van der Waals surface area contributed by atoms with Crippen LogP contribution in [0.1, 0.15) is 10.4 Å². The minimum atomic E-state index is -1.52. The standard InChI is InChI=1S/C11H10F2N2O3/c12-7-2-8(13)9(1-6(7)11(17)18)15-10(16)5-3-14-4-5/h1-2,5,14H,3-4H2,(H,15,16)(H,17,18). The fourth-order valence-corrected chi connectivity index (χ4v) is 1.52. The number of halogens is 2. The van der Waals surface area contributed by atoms with Gasteiger partial charge in [0.15, 0.2) is 0 Å². The van der Waals surface area contributed by atoms with Crippen LogP contribution in [-0.4, -0.2) is 30.1 Å². The average molecular weight is 256 g/mol. The largest absolute Gasteiger partial charge is 0.478 e. The van der Waals surface area contributed by atoms with Gasteiger partial charge in [0, 0.05) is 19.2 Å². The van der Waals surface area contributed by atoms with E-state index in [1.807, 2.05) is 0 Å². The number of hydrogen-bond acceptors (Lipinski definition) is 3. The van der Waals surface area contributed by atoms with Crippen LogP contribution in [0.4, 0.5) is 14.5 Å². The number of carboxylic acid groups (broad SMARTS) is 1. The van der Waals surface area contributed by atoms with Crippen LogP contribution in [-0.2, 0) is 4.79 Å². The van der Waals surface area contributed by atoms with Crippen molar-refractivity contribution < 1.29 is 23.5 Å². The van der Waals surface area contributed by atoms with E-state index in [9.17, 15) is 18.4 Å². The van der Waals surface area contributed by atoms with Crippen LogP contribution in [0.25, 0.3) is 0 Å². The Morgan fingerprint density at radius 3 is 2.44 bits per heavy atom. The molecule has 5 nitrogen and oxygen atoms in total. The molecule has 1 aromatic rings. The van der Waals surface area contributed by atoms with Crippen LogP contribution in [0.15, 0.2) is 12.1 Å². The van der Waals surface area contributed by atoms with Gasteiger partial charge in [-0.25, -0.2) is 13.6 Å². The second kappa shape index (κ2) is 4.69. The number of benzene rings is 1. The Morgan fingerprint density at radius 2 is 1.94 bits per heavy atom. The second-order valence-corrected chi connectivity index (χ2v) is 3.96. The van der Waals surface area contributed by atoms with Crippen LogP contribution in [0.3, 0.4) is 0 Å². The molecule has 7 heteroatoms. The summed E-state index contributed by atoms with van der Waals surface area (Å²) in [6.07, 6.45) is 0. The highest BCUT2D eigenvalue weighted by atomic mass is 19.1. The number of hydrogen-bond donors (Lipinski definition) is 3. The van der Waals surface area contributed by atoms with E-state index >= 15 is 0 Å². The molecule has 1 aromatic carbocycles. The molecule has 1 saturated heterocycles. The molecule has 1 aliphatic heterocycles. The third kappa shape index (κ3) is 2.30. The fourth-order valence-electron chi connectivity index (χ4n) is 1.52. The van der Waals surface area contributed by atoms with Gasteiger partial charge in [-0.05, 0) is 6.07 Å². The molecule has 3 N–H and O–H groups in total. The summed E-state index contributed by atoms with van der Waals surface area (Å²) >= 11 is 0. The number of anilines is 1. The molecule has 0 aromatic heterocycles. The first-order valence-electron chi connectivity index (χ1n) is 5.23. The Balaban J connectivity index is 2.23. The summed E-state index contributed by atoms with van der Waals surface area (Å²) in [5, 5.41) is 13.8. The highest BCUT2D eigenvalue weighted by Crippen LogP contribution is 2.20. The molecule has 0 saturated carbocycles. The Morgan fingerprint density at radius 1 is 1.28 bits per heavy atom. The molecule has 0 radical (unpaired) electrons. The first kappa shape index (κ1) is 12.4. The van der Waals surface area contributed by atoms with Crippen LogP contribution >= 0.6 is 0 Å². The van der Waals surface area contributed by atoms with Gasteiger partial charge in [-0.3, -0.25) is 4.79 Å². The van der Waals surface area contributed by atoms with Crippen molar-refractivity contribution in [1.29, 1.82) is 0 Å². The Kier molecular flexibility index (Phi) is 3.24. The molecule has 18 heavy (non-hydrogen) atoms. The smallest absolute Gasteiger partial charge is 0.338 e. The second-order valence-electron chi connectivity index (χ2n) is 3.96. The van der Waals surface area contributed by atoms with Gasteiger partial charge in [-0.15, -0.1) is 0 Å². The molecule has 0 bridgehead atoms. The van der Waals surface area contributed by atoms with Crippen molar-refractivity contribution in [3.63, 3.8) is 0 Å². The van der Waals surface area contributed by atoms with Gasteiger partial charge in [-0.2, -0.15) is 0 Å². The van der Waals surface area contributed by atoms with E-state index in [1.54, 1.807) is 0 Å². The molecule has 1 aliphatic rings. The number of rotatable bonds is 3. The molecule has 0 aliphatic carbocycles. The summed E-state index contributed by atoms with van der Waals surface area (Å²) in [6.45, 7) is 0.973. The number of aromatic carboxylic acids is 1.